The molecule has 0 bridgehead atoms. The predicted molar refractivity (Wildman–Crippen MR) is 65.2 cm³/mol. The Kier molecular flexibility index (Phi) is 5.23. The molecule has 3 heteroatoms. The molecule has 16 heavy (non-hydrogen) atoms. The van der Waals surface area contributed by atoms with E-state index < -0.39 is 11.9 Å². The number of aliphatic hydroxyl groups excluding tert-OH is 1. The second-order valence-corrected chi connectivity index (χ2v) is 4.47. The summed E-state index contributed by atoms with van der Waals surface area (Å²) in [6.07, 6.45) is 1.64. The summed E-state index contributed by atoms with van der Waals surface area (Å²) in [6, 6.07) is 4.90. The summed E-state index contributed by atoms with van der Waals surface area (Å²) in [5, 5.41) is 10.1. The van der Waals surface area contributed by atoms with E-state index in [0.29, 0.717) is 12.0 Å². The summed E-state index contributed by atoms with van der Waals surface area (Å²) in [5.74, 6) is -0.187. The molecule has 0 aromatic heterocycles. The molecule has 1 aromatic carbocycles. The first-order valence-electron chi connectivity index (χ1n) is 5.71. The predicted octanol–water partition coefficient (Wildman–Crippen LogP) is 3.82. The molecule has 1 N–H and O–H groups in total. The van der Waals surface area contributed by atoms with Gasteiger partial charge in [-0.15, -0.1) is 0 Å². The van der Waals surface area contributed by atoms with Gasteiger partial charge in [-0.05, 0) is 17.5 Å². The Morgan fingerprint density at radius 1 is 1.31 bits per heavy atom. The first-order valence-corrected chi connectivity index (χ1v) is 6.08. The third kappa shape index (κ3) is 3.19. The van der Waals surface area contributed by atoms with Crippen LogP contribution in [0.3, 0.4) is 0 Å². The highest BCUT2D eigenvalue weighted by molar-refractivity contribution is 6.30. The molecule has 1 rings (SSSR count). The SMILES string of the molecule is CCC(CC)C(O)Cc1cccc(Cl)c1F. The minimum atomic E-state index is -0.497. The number of benzene rings is 1. The van der Waals surface area contributed by atoms with Gasteiger partial charge in [-0.2, -0.15) is 0 Å². The van der Waals surface area contributed by atoms with E-state index in [2.05, 4.69) is 0 Å². The minimum absolute atomic E-state index is 0.120. The third-order valence-corrected chi connectivity index (χ3v) is 3.35. The molecule has 0 radical (unpaired) electrons. The smallest absolute Gasteiger partial charge is 0.145 e. The second-order valence-electron chi connectivity index (χ2n) is 4.06. The Morgan fingerprint density at radius 2 is 1.94 bits per heavy atom. The van der Waals surface area contributed by atoms with E-state index in [0.717, 1.165) is 12.8 Å². The fourth-order valence-corrected chi connectivity index (χ4v) is 2.13. The van der Waals surface area contributed by atoms with Crippen LogP contribution in [-0.4, -0.2) is 11.2 Å². The van der Waals surface area contributed by atoms with Crippen molar-refractivity contribution in [1.82, 2.24) is 0 Å². The lowest BCUT2D eigenvalue weighted by molar-refractivity contribution is 0.102. The molecule has 1 atom stereocenters. The molecular weight excluding hydrogens is 227 g/mol. The molecular formula is C13H18ClFO. The largest absolute Gasteiger partial charge is 0.392 e. The molecule has 0 aliphatic carbocycles. The van der Waals surface area contributed by atoms with E-state index in [-0.39, 0.29) is 10.9 Å². The van der Waals surface area contributed by atoms with E-state index in [4.69, 9.17) is 11.6 Å². The average molecular weight is 245 g/mol. The summed E-state index contributed by atoms with van der Waals surface area (Å²) < 4.78 is 13.6. The molecule has 0 saturated carbocycles. The van der Waals surface area contributed by atoms with E-state index in [1.54, 1.807) is 12.1 Å². The van der Waals surface area contributed by atoms with Gasteiger partial charge in [-0.25, -0.2) is 4.39 Å². The fraction of sp³-hybridized carbons (Fsp3) is 0.538. The summed E-state index contributed by atoms with van der Waals surface area (Å²) >= 11 is 5.69. The standard InChI is InChI=1S/C13H18ClFO/c1-3-9(4-2)12(16)8-10-6-5-7-11(14)13(10)15/h5-7,9,12,16H,3-4,8H2,1-2H3. The van der Waals surface area contributed by atoms with E-state index in [1.165, 1.54) is 6.07 Å². The van der Waals surface area contributed by atoms with Crippen LogP contribution in [0.15, 0.2) is 18.2 Å². The Bertz CT molecular complexity index is 337. The van der Waals surface area contributed by atoms with Crippen molar-refractivity contribution in [3.63, 3.8) is 0 Å². The lowest BCUT2D eigenvalue weighted by Gasteiger charge is -2.20. The maximum absolute atomic E-state index is 13.6. The maximum Gasteiger partial charge on any atom is 0.145 e. The lowest BCUT2D eigenvalue weighted by Crippen LogP contribution is -2.22. The topological polar surface area (TPSA) is 20.2 Å². The number of hydrogen-bond acceptors (Lipinski definition) is 1. The van der Waals surface area contributed by atoms with Crippen LogP contribution in [0, 0.1) is 11.7 Å². The third-order valence-electron chi connectivity index (χ3n) is 3.05. The summed E-state index contributed by atoms with van der Waals surface area (Å²) in [5.41, 5.74) is 0.493. The number of rotatable bonds is 5. The van der Waals surface area contributed by atoms with Gasteiger partial charge in [0.1, 0.15) is 5.82 Å². The highest BCUT2D eigenvalue weighted by atomic mass is 35.5. The zero-order valence-corrected chi connectivity index (χ0v) is 10.5. The van der Waals surface area contributed by atoms with Crippen LogP contribution in [0.1, 0.15) is 32.3 Å². The maximum atomic E-state index is 13.6. The second kappa shape index (κ2) is 6.21. The van der Waals surface area contributed by atoms with Crippen molar-refractivity contribution in [2.45, 2.75) is 39.2 Å². The average Bonchev–Trinajstić information content (AvgIpc) is 2.26. The first-order chi connectivity index (χ1) is 7.60. The van der Waals surface area contributed by atoms with Crippen LogP contribution in [0.5, 0.6) is 0 Å². The molecule has 0 amide bonds. The summed E-state index contributed by atoms with van der Waals surface area (Å²) in [6.45, 7) is 4.07. The molecule has 0 saturated heterocycles. The Labute approximate surface area is 101 Å². The zero-order chi connectivity index (χ0) is 12.1. The fourth-order valence-electron chi connectivity index (χ4n) is 1.93. The molecule has 0 aliphatic heterocycles. The van der Waals surface area contributed by atoms with Crippen LogP contribution >= 0.6 is 11.6 Å². The van der Waals surface area contributed by atoms with Crippen molar-refractivity contribution >= 4 is 11.6 Å². The lowest BCUT2D eigenvalue weighted by atomic mass is 9.92. The van der Waals surface area contributed by atoms with Gasteiger partial charge in [0.15, 0.2) is 0 Å². The molecule has 0 fully saturated rings. The van der Waals surface area contributed by atoms with Crippen LogP contribution in [-0.2, 0) is 6.42 Å². The molecule has 0 aliphatic rings. The van der Waals surface area contributed by atoms with Crippen LogP contribution in [0.2, 0.25) is 5.02 Å². The van der Waals surface area contributed by atoms with Crippen LogP contribution in [0.4, 0.5) is 4.39 Å². The van der Waals surface area contributed by atoms with Gasteiger partial charge in [0, 0.05) is 6.42 Å². The van der Waals surface area contributed by atoms with E-state index in [9.17, 15) is 9.50 Å². The highest BCUT2D eigenvalue weighted by Gasteiger charge is 2.18. The summed E-state index contributed by atoms with van der Waals surface area (Å²) in [4.78, 5) is 0. The monoisotopic (exact) mass is 244 g/mol. The van der Waals surface area contributed by atoms with Crippen molar-refractivity contribution in [2.75, 3.05) is 0 Å². The quantitative estimate of drug-likeness (QED) is 0.835. The van der Waals surface area contributed by atoms with Gasteiger partial charge in [-0.3, -0.25) is 0 Å². The normalized spacial score (nSPS) is 13.1. The van der Waals surface area contributed by atoms with Crippen molar-refractivity contribution in [3.05, 3.63) is 34.6 Å². The molecule has 90 valence electrons. The molecule has 1 unspecified atom stereocenters. The Balaban J connectivity index is 2.76. The number of aliphatic hydroxyl groups is 1. The van der Waals surface area contributed by atoms with Gasteiger partial charge in [0.2, 0.25) is 0 Å². The molecule has 1 aromatic rings. The number of halogens is 2. The van der Waals surface area contributed by atoms with E-state index in [1.807, 2.05) is 13.8 Å². The van der Waals surface area contributed by atoms with Gasteiger partial charge in [0.25, 0.3) is 0 Å². The first kappa shape index (κ1) is 13.5. The molecule has 0 spiro atoms. The van der Waals surface area contributed by atoms with Crippen molar-refractivity contribution in [1.29, 1.82) is 0 Å². The van der Waals surface area contributed by atoms with Gasteiger partial charge >= 0.3 is 0 Å². The number of hydrogen-bond donors (Lipinski definition) is 1. The zero-order valence-electron chi connectivity index (χ0n) is 9.71. The van der Waals surface area contributed by atoms with Gasteiger partial charge in [-0.1, -0.05) is 50.4 Å². The van der Waals surface area contributed by atoms with Crippen LogP contribution < -0.4 is 0 Å². The van der Waals surface area contributed by atoms with Crippen LogP contribution in [0.25, 0.3) is 0 Å². The Morgan fingerprint density at radius 3 is 2.50 bits per heavy atom. The molecule has 0 heterocycles. The van der Waals surface area contributed by atoms with Gasteiger partial charge < -0.3 is 5.11 Å². The molecule has 1 nitrogen and oxygen atoms in total. The van der Waals surface area contributed by atoms with E-state index >= 15 is 0 Å². The Hall–Kier alpha value is -0.600. The summed E-state index contributed by atoms with van der Waals surface area (Å²) in [7, 11) is 0. The van der Waals surface area contributed by atoms with Crippen molar-refractivity contribution in [3.8, 4) is 0 Å². The van der Waals surface area contributed by atoms with Crippen molar-refractivity contribution < 1.29 is 9.50 Å². The highest BCUT2D eigenvalue weighted by Crippen LogP contribution is 2.22. The van der Waals surface area contributed by atoms with Gasteiger partial charge in [0.05, 0.1) is 11.1 Å². The minimum Gasteiger partial charge on any atom is -0.392 e. The van der Waals surface area contributed by atoms with Crippen molar-refractivity contribution in [2.24, 2.45) is 5.92 Å².